The van der Waals surface area contributed by atoms with Gasteiger partial charge in [0.1, 0.15) is 5.78 Å². The van der Waals surface area contributed by atoms with Crippen molar-refractivity contribution in [1.29, 1.82) is 0 Å². The lowest BCUT2D eigenvalue weighted by atomic mass is 9.91. The molecule has 1 aliphatic rings. The van der Waals surface area contributed by atoms with Crippen LogP contribution >= 0.6 is 0 Å². The number of aryl methyl sites for hydroxylation is 1. The van der Waals surface area contributed by atoms with Crippen LogP contribution in [0.4, 0.5) is 0 Å². The van der Waals surface area contributed by atoms with Gasteiger partial charge in [0.25, 0.3) is 0 Å². The van der Waals surface area contributed by atoms with Crippen LogP contribution in [0.15, 0.2) is 29.2 Å². The second-order valence-electron chi connectivity index (χ2n) is 5.93. The molecule has 7 heteroatoms. The molecule has 2 atom stereocenters. The Labute approximate surface area is 136 Å². The second-order valence-corrected chi connectivity index (χ2v) is 7.87. The number of carbonyl (C=O) groups is 2. The van der Waals surface area contributed by atoms with E-state index in [-0.39, 0.29) is 36.1 Å². The van der Waals surface area contributed by atoms with Gasteiger partial charge >= 0.3 is 5.97 Å². The van der Waals surface area contributed by atoms with Gasteiger partial charge in [-0.3, -0.25) is 4.79 Å². The van der Waals surface area contributed by atoms with Crippen molar-refractivity contribution in [3.05, 3.63) is 29.8 Å². The summed E-state index contributed by atoms with van der Waals surface area (Å²) in [5, 5.41) is 0. The number of hydrogen-bond acceptors (Lipinski definition) is 5. The van der Waals surface area contributed by atoms with Gasteiger partial charge in [-0.15, -0.1) is 0 Å². The molecule has 0 N–H and O–H groups in total. The summed E-state index contributed by atoms with van der Waals surface area (Å²) < 4.78 is 31.5. The summed E-state index contributed by atoms with van der Waals surface area (Å²) in [5.41, 5.74) is 0.965. The van der Waals surface area contributed by atoms with E-state index in [9.17, 15) is 18.0 Å². The average molecular weight is 339 g/mol. The molecule has 1 aliphatic heterocycles. The molecule has 0 aromatic heterocycles. The SMILES string of the molecule is COC(=O)[C@@H]1CN(S(=O)(=O)c2ccc(C)cc2)C[C@@H]1CC(C)=O. The molecule has 126 valence electrons. The van der Waals surface area contributed by atoms with Crippen molar-refractivity contribution in [3.8, 4) is 0 Å². The Morgan fingerprint density at radius 1 is 1.22 bits per heavy atom. The summed E-state index contributed by atoms with van der Waals surface area (Å²) >= 11 is 0. The van der Waals surface area contributed by atoms with E-state index in [2.05, 4.69) is 0 Å². The molecule has 1 aromatic rings. The summed E-state index contributed by atoms with van der Waals surface area (Å²) in [5.74, 6) is -1.50. The fourth-order valence-corrected chi connectivity index (χ4v) is 4.40. The number of hydrogen-bond donors (Lipinski definition) is 0. The van der Waals surface area contributed by atoms with Crippen molar-refractivity contribution in [3.63, 3.8) is 0 Å². The smallest absolute Gasteiger partial charge is 0.310 e. The number of esters is 1. The number of benzene rings is 1. The van der Waals surface area contributed by atoms with Gasteiger partial charge in [-0.2, -0.15) is 4.31 Å². The molecule has 1 heterocycles. The Bertz CT molecular complexity index is 696. The summed E-state index contributed by atoms with van der Waals surface area (Å²) in [6.07, 6.45) is 0.166. The molecule has 0 bridgehead atoms. The summed E-state index contributed by atoms with van der Waals surface area (Å²) in [6.45, 7) is 3.50. The van der Waals surface area contributed by atoms with Gasteiger partial charge in [-0.05, 0) is 31.9 Å². The first kappa shape index (κ1) is 17.6. The molecule has 0 unspecified atom stereocenters. The van der Waals surface area contributed by atoms with Gasteiger partial charge in [0.15, 0.2) is 0 Å². The number of Topliss-reactive ketones (excluding diaryl/α,β-unsaturated/α-hetero) is 1. The highest BCUT2D eigenvalue weighted by molar-refractivity contribution is 7.89. The number of ether oxygens (including phenoxy) is 1. The molecular weight excluding hydrogens is 318 g/mol. The molecule has 0 amide bonds. The van der Waals surface area contributed by atoms with Crippen LogP contribution in [0.2, 0.25) is 0 Å². The minimum Gasteiger partial charge on any atom is -0.469 e. The minimum atomic E-state index is -3.68. The molecule has 0 aliphatic carbocycles. The number of rotatable bonds is 5. The molecule has 0 radical (unpaired) electrons. The number of sulfonamides is 1. The van der Waals surface area contributed by atoms with Gasteiger partial charge in [0.2, 0.25) is 10.0 Å². The topological polar surface area (TPSA) is 80.8 Å². The van der Waals surface area contributed by atoms with Crippen LogP contribution in [0.3, 0.4) is 0 Å². The highest BCUT2D eigenvalue weighted by Gasteiger charge is 2.43. The fourth-order valence-electron chi connectivity index (χ4n) is 2.88. The van der Waals surface area contributed by atoms with Gasteiger partial charge < -0.3 is 9.53 Å². The third-order valence-electron chi connectivity index (χ3n) is 4.12. The Morgan fingerprint density at radius 2 is 1.83 bits per heavy atom. The van der Waals surface area contributed by atoms with Gasteiger partial charge in [0, 0.05) is 19.5 Å². The maximum Gasteiger partial charge on any atom is 0.310 e. The minimum absolute atomic E-state index is 0.0425. The van der Waals surface area contributed by atoms with Crippen molar-refractivity contribution in [2.24, 2.45) is 11.8 Å². The zero-order valence-corrected chi connectivity index (χ0v) is 14.3. The second kappa shape index (κ2) is 6.80. The third kappa shape index (κ3) is 3.79. The Balaban J connectivity index is 2.27. The van der Waals surface area contributed by atoms with Crippen LogP contribution in [0.5, 0.6) is 0 Å². The van der Waals surface area contributed by atoms with Crippen LogP contribution in [-0.2, 0) is 24.3 Å². The number of nitrogens with zero attached hydrogens (tertiary/aromatic N) is 1. The van der Waals surface area contributed by atoms with Crippen LogP contribution in [0, 0.1) is 18.8 Å². The molecule has 1 fully saturated rings. The van der Waals surface area contributed by atoms with Crippen LogP contribution in [-0.4, -0.2) is 44.7 Å². The van der Waals surface area contributed by atoms with E-state index in [4.69, 9.17) is 4.74 Å². The van der Waals surface area contributed by atoms with E-state index in [0.29, 0.717) is 0 Å². The van der Waals surface area contributed by atoms with Crippen molar-refractivity contribution in [1.82, 2.24) is 4.31 Å². The first-order valence-corrected chi connectivity index (χ1v) is 8.83. The lowest BCUT2D eigenvalue weighted by Crippen LogP contribution is -2.30. The molecular formula is C16H21NO5S. The van der Waals surface area contributed by atoms with E-state index >= 15 is 0 Å². The average Bonchev–Trinajstić information content (AvgIpc) is 2.90. The largest absolute Gasteiger partial charge is 0.469 e. The van der Waals surface area contributed by atoms with E-state index in [1.807, 2.05) is 6.92 Å². The van der Waals surface area contributed by atoms with Gasteiger partial charge in [-0.25, -0.2) is 8.42 Å². The van der Waals surface area contributed by atoms with Gasteiger partial charge in [-0.1, -0.05) is 17.7 Å². The first-order valence-electron chi connectivity index (χ1n) is 7.39. The van der Waals surface area contributed by atoms with Crippen molar-refractivity contribution in [2.75, 3.05) is 20.2 Å². The predicted molar refractivity (Wildman–Crippen MR) is 84.2 cm³/mol. The monoisotopic (exact) mass is 339 g/mol. The number of ketones is 1. The van der Waals surface area contributed by atoms with Crippen LogP contribution < -0.4 is 0 Å². The number of methoxy groups -OCH3 is 1. The maximum absolute atomic E-state index is 12.7. The van der Waals surface area contributed by atoms with E-state index in [0.717, 1.165) is 5.56 Å². The lowest BCUT2D eigenvalue weighted by molar-refractivity contribution is -0.146. The molecule has 0 saturated carbocycles. The Hall–Kier alpha value is -1.73. The van der Waals surface area contributed by atoms with Crippen LogP contribution in [0.1, 0.15) is 18.9 Å². The number of carbonyl (C=O) groups excluding carboxylic acids is 2. The normalized spacial score (nSPS) is 22.0. The lowest BCUT2D eigenvalue weighted by Gasteiger charge is -2.16. The summed E-state index contributed by atoms with van der Waals surface area (Å²) in [7, 11) is -2.42. The molecule has 23 heavy (non-hydrogen) atoms. The zero-order valence-electron chi connectivity index (χ0n) is 13.5. The fraction of sp³-hybridized carbons (Fsp3) is 0.500. The van der Waals surface area contributed by atoms with Crippen molar-refractivity contribution >= 4 is 21.8 Å². The summed E-state index contributed by atoms with van der Waals surface area (Å²) in [4.78, 5) is 23.5. The summed E-state index contributed by atoms with van der Waals surface area (Å²) in [6, 6.07) is 6.56. The molecule has 1 saturated heterocycles. The standard InChI is InChI=1S/C16H21NO5S/c1-11-4-6-14(7-5-11)23(20,21)17-9-13(8-12(2)18)15(10-17)16(19)22-3/h4-7,13,15H,8-10H2,1-3H3/t13-,15+/m0/s1. The molecule has 6 nitrogen and oxygen atoms in total. The Morgan fingerprint density at radius 3 is 2.35 bits per heavy atom. The van der Waals surface area contributed by atoms with E-state index in [1.54, 1.807) is 24.3 Å². The third-order valence-corrected chi connectivity index (χ3v) is 5.97. The maximum atomic E-state index is 12.7. The van der Waals surface area contributed by atoms with Gasteiger partial charge in [0.05, 0.1) is 17.9 Å². The van der Waals surface area contributed by atoms with Crippen molar-refractivity contribution in [2.45, 2.75) is 25.2 Å². The van der Waals surface area contributed by atoms with E-state index in [1.165, 1.54) is 18.3 Å². The van der Waals surface area contributed by atoms with E-state index < -0.39 is 21.9 Å². The van der Waals surface area contributed by atoms with Crippen molar-refractivity contribution < 1.29 is 22.7 Å². The first-order chi connectivity index (χ1) is 10.8. The highest BCUT2D eigenvalue weighted by atomic mass is 32.2. The zero-order chi connectivity index (χ0) is 17.2. The molecule has 2 rings (SSSR count). The highest BCUT2D eigenvalue weighted by Crippen LogP contribution is 2.31. The predicted octanol–water partition coefficient (Wildman–Crippen LogP) is 1.38. The molecule has 1 aromatic carbocycles. The Kier molecular flexibility index (Phi) is 5.21. The quantitative estimate of drug-likeness (QED) is 0.757. The van der Waals surface area contributed by atoms with Crippen LogP contribution in [0.25, 0.3) is 0 Å². The molecule has 0 spiro atoms.